The van der Waals surface area contributed by atoms with E-state index in [0.717, 1.165) is 11.3 Å². The first-order valence-electron chi connectivity index (χ1n) is 13.2. The van der Waals surface area contributed by atoms with Gasteiger partial charge in [-0.1, -0.05) is 48.5 Å². The maximum Gasteiger partial charge on any atom is 0.305 e. The second kappa shape index (κ2) is 13.0. The molecule has 4 N–H and O–H groups in total. The zero-order valence-electron chi connectivity index (χ0n) is 22.4. The Bertz CT molecular complexity index is 1670. The van der Waals surface area contributed by atoms with Crippen molar-refractivity contribution >= 4 is 23.8 Å². The molecule has 3 aromatic carbocycles. The first-order chi connectivity index (χ1) is 20.4. The molecule has 5 aromatic rings. The van der Waals surface area contributed by atoms with Crippen molar-refractivity contribution in [3.05, 3.63) is 109 Å². The van der Waals surface area contributed by atoms with Crippen molar-refractivity contribution in [2.45, 2.75) is 25.0 Å². The van der Waals surface area contributed by atoms with Crippen molar-refractivity contribution in [3.63, 3.8) is 0 Å². The number of aliphatic hydroxyl groups is 2. The van der Waals surface area contributed by atoms with E-state index in [9.17, 15) is 19.4 Å². The van der Waals surface area contributed by atoms with E-state index in [1.165, 1.54) is 18.2 Å². The highest BCUT2D eigenvalue weighted by molar-refractivity contribution is 5.83. The number of nitrogens with zero attached hydrogens (tertiary/aromatic N) is 4. The summed E-state index contributed by atoms with van der Waals surface area (Å²) in [7, 11) is 0. The van der Waals surface area contributed by atoms with Gasteiger partial charge in [-0.25, -0.2) is 19.3 Å². The molecule has 0 amide bonds. The number of aromatic nitrogens is 4. The highest BCUT2D eigenvalue weighted by Gasteiger charge is 2.22. The molecular formula is C32H28FN5O4. The molecule has 9 nitrogen and oxygen atoms in total. The lowest BCUT2D eigenvalue weighted by atomic mass is 10.1. The molecule has 2 aromatic heterocycles. The number of para-hydroxylation sites is 1. The molecule has 5 rings (SSSR count). The van der Waals surface area contributed by atoms with Crippen LogP contribution in [-0.4, -0.2) is 53.0 Å². The SMILES string of the molecule is O=C(O)CC(O)CC(O)C=Cn1c(-c2ccccc2)nc(-c2ccnc(Nc3ccccc3)n2)c1-c1ccc(F)cc1. The van der Waals surface area contributed by atoms with Crippen molar-refractivity contribution in [2.75, 3.05) is 5.32 Å². The molecule has 0 bridgehead atoms. The summed E-state index contributed by atoms with van der Waals surface area (Å²) >= 11 is 0. The largest absolute Gasteiger partial charge is 0.481 e. The lowest BCUT2D eigenvalue weighted by molar-refractivity contribution is -0.139. The van der Waals surface area contributed by atoms with E-state index in [0.29, 0.717) is 34.4 Å². The van der Waals surface area contributed by atoms with E-state index >= 15 is 0 Å². The zero-order chi connectivity index (χ0) is 29.5. The Labute approximate surface area is 241 Å². The Morgan fingerprint density at radius 3 is 2.29 bits per heavy atom. The molecule has 0 spiro atoms. The van der Waals surface area contributed by atoms with Crippen LogP contribution in [0.25, 0.3) is 40.2 Å². The van der Waals surface area contributed by atoms with E-state index in [1.54, 1.807) is 35.2 Å². The van der Waals surface area contributed by atoms with Gasteiger partial charge in [0.1, 0.15) is 17.3 Å². The number of rotatable bonds is 11. The standard InChI is InChI=1S/C32H28FN5O4/c33-23-13-11-21(12-14-23)30-29(27-15-17-34-32(36-27)35-24-9-5-2-6-10-24)37-31(22-7-3-1-4-8-22)38(30)18-16-25(39)19-26(40)20-28(41)42/h1-18,25-26,39-40H,19-20H2,(H,41,42)(H,34,35,36). The second-order valence-electron chi connectivity index (χ2n) is 9.53. The average Bonchev–Trinajstić information content (AvgIpc) is 3.37. The molecule has 0 aliphatic carbocycles. The zero-order valence-corrected chi connectivity index (χ0v) is 22.4. The van der Waals surface area contributed by atoms with E-state index in [2.05, 4.69) is 10.3 Å². The Kier molecular flexibility index (Phi) is 8.76. The number of imidazole rings is 1. The van der Waals surface area contributed by atoms with Crippen molar-refractivity contribution in [1.29, 1.82) is 0 Å². The van der Waals surface area contributed by atoms with Gasteiger partial charge in [0, 0.05) is 35.6 Å². The summed E-state index contributed by atoms with van der Waals surface area (Å²) in [6, 6.07) is 26.6. The molecule has 212 valence electrons. The minimum absolute atomic E-state index is 0.169. The van der Waals surface area contributed by atoms with Gasteiger partial charge in [-0.2, -0.15) is 0 Å². The normalized spacial score (nSPS) is 12.7. The van der Waals surface area contributed by atoms with Gasteiger partial charge in [-0.15, -0.1) is 0 Å². The van der Waals surface area contributed by atoms with Gasteiger partial charge in [-0.3, -0.25) is 9.36 Å². The molecule has 0 saturated heterocycles. The Morgan fingerprint density at radius 1 is 0.905 bits per heavy atom. The van der Waals surface area contributed by atoms with Gasteiger partial charge in [0.2, 0.25) is 5.95 Å². The van der Waals surface area contributed by atoms with Crippen LogP contribution in [0.1, 0.15) is 12.8 Å². The van der Waals surface area contributed by atoms with E-state index in [-0.39, 0.29) is 6.42 Å². The smallest absolute Gasteiger partial charge is 0.305 e. The molecule has 10 heteroatoms. The number of carboxylic acids is 1. The summed E-state index contributed by atoms with van der Waals surface area (Å²) in [6.45, 7) is 0. The number of benzene rings is 3. The van der Waals surface area contributed by atoms with Crippen molar-refractivity contribution in [2.24, 2.45) is 0 Å². The summed E-state index contributed by atoms with van der Waals surface area (Å²) in [6.07, 6.45) is 1.67. The van der Waals surface area contributed by atoms with Crippen molar-refractivity contribution in [3.8, 4) is 34.0 Å². The van der Waals surface area contributed by atoms with Crippen LogP contribution in [0, 0.1) is 5.82 Å². The summed E-state index contributed by atoms with van der Waals surface area (Å²) in [5.41, 5.74) is 3.79. The number of carbonyl (C=O) groups is 1. The Morgan fingerprint density at radius 2 is 1.60 bits per heavy atom. The number of aliphatic hydroxyl groups excluding tert-OH is 2. The summed E-state index contributed by atoms with van der Waals surface area (Å²) < 4.78 is 15.7. The molecule has 0 aliphatic heterocycles. The van der Waals surface area contributed by atoms with Crippen molar-refractivity contribution in [1.82, 2.24) is 19.5 Å². The van der Waals surface area contributed by atoms with Crippen molar-refractivity contribution < 1.29 is 24.5 Å². The predicted molar refractivity (Wildman–Crippen MR) is 158 cm³/mol. The summed E-state index contributed by atoms with van der Waals surface area (Å²) in [4.78, 5) is 25.0. The summed E-state index contributed by atoms with van der Waals surface area (Å²) in [5, 5.41) is 32.8. The predicted octanol–water partition coefficient (Wildman–Crippen LogP) is 5.61. The van der Waals surface area contributed by atoms with E-state index in [4.69, 9.17) is 15.1 Å². The minimum Gasteiger partial charge on any atom is -0.481 e. The fourth-order valence-electron chi connectivity index (χ4n) is 4.46. The van der Waals surface area contributed by atoms with E-state index in [1.807, 2.05) is 60.7 Å². The van der Waals surface area contributed by atoms with E-state index < -0.39 is 30.4 Å². The van der Waals surface area contributed by atoms with Gasteiger partial charge < -0.3 is 20.6 Å². The number of nitrogens with one attached hydrogen (secondary N) is 1. The fourth-order valence-corrected chi connectivity index (χ4v) is 4.46. The number of hydrogen-bond donors (Lipinski definition) is 4. The number of carboxylic acid groups (broad SMARTS) is 1. The number of hydrogen-bond acceptors (Lipinski definition) is 7. The number of anilines is 2. The van der Waals surface area contributed by atoms with Gasteiger partial charge in [-0.05, 0) is 48.5 Å². The van der Waals surface area contributed by atoms with Crippen LogP contribution in [-0.2, 0) is 4.79 Å². The molecule has 2 atom stereocenters. The molecule has 0 saturated carbocycles. The molecular weight excluding hydrogens is 537 g/mol. The van der Waals surface area contributed by atoms with Crippen LogP contribution in [0.4, 0.5) is 16.0 Å². The highest BCUT2D eigenvalue weighted by Crippen LogP contribution is 2.36. The lowest BCUT2D eigenvalue weighted by Crippen LogP contribution is -2.19. The second-order valence-corrected chi connectivity index (χ2v) is 9.53. The van der Waals surface area contributed by atoms with Crippen LogP contribution in [0.15, 0.2) is 103 Å². The maximum absolute atomic E-state index is 14.0. The van der Waals surface area contributed by atoms with Crippen LogP contribution in [0.5, 0.6) is 0 Å². The van der Waals surface area contributed by atoms with Crippen LogP contribution in [0.3, 0.4) is 0 Å². The summed E-state index contributed by atoms with van der Waals surface area (Å²) in [5.74, 6) is -0.674. The third-order valence-electron chi connectivity index (χ3n) is 6.37. The first-order valence-corrected chi connectivity index (χ1v) is 13.2. The number of aliphatic carboxylic acids is 1. The molecule has 2 heterocycles. The van der Waals surface area contributed by atoms with Gasteiger partial charge >= 0.3 is 5.97 Å². The quantitative estimate of drug-likeness (QED) is 0.162. The topological polar surface area (TPSA) is 133 Å². The first kappa shape index (κ1) is 28.3. The third kappa shape index (κ3) is 6.92. The Balaban J connectivity index is 1.64. The van der Waals surface area contributed by atoms with Crippen LogP contribution >= 0.6 is 0 Å². The van der Waals surface area contributed by atoms with Gasteiger partial charge in [0.25, 0.3) is 0 Å². The molecule has 0 radical (unpaired) electrons. The molecule has 0 aliphatic rings. The molecule has 42 heavy (non-hydrogen) atoms. The lowest BCUT2D eigenvalue weighted by Gasteiger charge is -2.13. The fraction of sp³-hybridized carbons (Fsp3) is 0.125. The molecule has 0 fully saturated rings. The average molecular weight is 566 g/mol. The third-order valence-corrected chi connectivity index (χ3v) is 6.37. The highest BCUT2D eigenvalue weighted by atomic mass is 19.1. The minimum atomic E-state index is -1.22. The van der Waals surface area contributed by atoms with Crippen LogP contribution < -0.4 is 5.32 Å². The maximum atomic E-state index is 14.0. The number of halogens is 1. The monoisotopic (exact) mass is 565 g/mol. The van der Waals surface area contributed by atoms with Gasteiger partial charge in [0.05, 0.1) is 30.0 Å². The molecule has 2 unspecified atom stereocenters. The Hall–Kier alpha value is -5.19. The van der Waals surface area contributed by atoms with Crippen LogP contribution in [0.2, 0.25) is 0 Å². The van der Waals surface area contributed by atoms with Gasteiger partial charge in [0.15, 0.2) is 0 Å².